The number of nitrogens with zero attached hydrogens (tertiary/aromatic N) is 1. The molecule has 0 aliphatic heterocycles. The van der Waals surface area contributed by atoms with Crippen LogP contribution in [0.15, 0.2) is 107 Å². The third-order valence-electron chi connectivity index (χ3n) is 7.90. The minimum atomic E-state index is -2.99. The molecule has 0 fully saturated rings. The lowest BCUT2D eigenvalue weighted by molar-refractivity contribution is 0.0962. The third kappa shape index (κ3) is 9.31. The summed E-state index contributed by atoms with van der Waals surface area (Å²) in [6.45, 7) is 12.6. The molecule has 0 amide bonds. The Kier molecular flexibility index (Phi) is 13.1. The van der Waals surface area contributed by atoms with Gasteiger partial charge in [-0.3, -0.25) is 0 Å². The maximum absolute atomic E-state index is 15.2. The molecule has 242 valence electrons. The number of aryl methyl sites for hydroxylation is 1. The molecule has 1 aliphatic carbocycles. The van der Waals surface area contributed by atoms with E-state index in [4.69, 9.17) is 0 Å². The summed E-state index contributed by atoms with van der Waals surface area (Å²) in [6.07, 6.45) is 17.9. The van der Waals surface area contributed by atoms with Gasteiger partial charge in [-0.15, -0.1) is 0 Å². The Morgan fingerprint density at radius 2 is 1.64 bits per heavy atom. The van der Waals surface area contributed by atoms with Crippen molar-refractivity contribution < 1.29 is 17.4 Å². The summed E-state index contributed by atoms with van der Waals surface area (Å²) in [5.41, 5.74) is 2.41. The molecule has 0 spiro atoms. The summed E-state index contributed by atoms with van der Waals surface area (Å²) in [4.78, 5) is 0.819. The molecule has 1 unspecified atom stereocenters. The van der Waals surface area contributed by atoms with E-state index in [2.05, 4.69) is 32.0 Å². The first kappa shape index (κ1) is 36.5. The molecule has 3 rings (SSSR count). The van der Waals surface area contributed by atoms with Crippen LogP contribution < -0.4 is 0 Å². The van der Waals surface area contributed by atoms with Crippen LogP contribution in [0.5, 0.6) is 0 Å². The van der Waals surface area contributed by atoms with E-state index in [-0.39, 0.29) is 11.4 Å². The van der Waals surface area contributed by atoms with Crippen LogP contribution in [0.1, 0.15) is 74.3 Å². The zero-order chi connectivity index (χ0) is 33.4. The Morgan fingerprint density at radius 1 is 1.02 bits per heavy atom. The van der Waals surface area contributed by atoms with Gasteiger partial charge < -0.3 is 0 Å². The van der Waals surface area contributed by atoms with Gasteiger partial charge in [0.25, 0.3) is 5.66 Å². The summed E-state index contributed by atoms with van der Waals surface area (Å²) >= 11 is 0. The van der Waals surface area contributed by atoms with Crippen LogP contribution in [-0.4, -0.2) is 28.1 Å². The molecule has 0 N–H and O–H groups in total. The monoisotopic (exact) mass is 653 g/mol. The Hall–Kier alpha value is -2.92. The van der Waals surface area contributed by atoms with Crippen LogP contribution in [0.25, 0.3) is 6.08 Å². The highest BCUT2D eigenvalue weighted by molar-refractivity contribution is 7.86. The van der Waals surface area contributed by atoms with Crippen molar-refractivity contribution in [2.24, 2.45) is 0 Å². The topological polar surface area (TPSA) is 20.3 Å². The van der Waals surface area contributed by atoms with Crippen LogP contribution in [0.2, 0.25) is 0 Å². The van der Waals surface area contributed by atoms with Gasteiger partial charge in [0.2, 0.25) is 0 Å². The van der Waals surface area contributed by atoms with Gasteiger partial charge in [0, 0.05) is 24.2 Å². The maximum atomic E-state index is 15.2. The Bertz CT molecular complexity index is 1610. The first-order chi connectivity index (χ1) is 21.2. The fraction of sp³-hybridized carbons (Fsp3) is 0.342. The predicted molar refractivity (Wildman–Crippen MR) is 192 cm³/mol. The van der Waals surface area contributed by atoms with Crippen LogP contribution in [0, 0.1) is 6.92 Å². The fourth-order valence-corrected chi connectivity index (χ4v) is 7.56. The second kappa shape index (κ2) is 16.1. The molecular formula is C38H47F3NOPS. The van der Waals surface area contributed by atoms with Crippen molar-refractivity contribution in [3.8, 4) is 0 Å². The fourth-order valence-electron chi connectivity index (χ4n) is 5.13. The average Bonchev–Trinajstić information content (AvgIpc) is 3.01. The molecule has 2 aromatic rings. The van der Waals surface area contributed by atoms with E-state index >= 15 is 8.78 Å². The van der Waals surface area contributed by atoms with Crippen LogP contribution >= 0.6 is 6.89 Å². The van der Waals surface area contributed by atoms with Gasteiger partial charge >= 0.3 is 0 Å². The highest BCUT2D eigenvalue weighted by Crippen LogP contribution is 2.60. The third-order valence-corrected chi connectivity index (χ3v) is 11.2. The summed E-state index contributed by atoms with van der Waals surface area (Å²) in [5, 5.41) is 0. The summed E-state index contributed by atoms with van der Waals surface area (Å²) < 4.78 is 61.3. The van der Waals surface area contributed by atoms with E-state index in [0.717, 1.165) is 52.0 Å². The molecule has 0 aromatic heterocycles. The predicted octanol–water partition coefficient (Wildman–Crippen LogP) is 11.2. The molecule has 0 radical (unpaired) electrons. The molecule has 0 saturated heterocycles. The lowest BCUT2D eigenvalue weighted by atomic mass is 10.0. The number of halogens is 3. The maximum Gasteiger partial charge on any atom is 0.288 e. The van der Waals surface area contributed by atoms with E-state index in [1.807, 2.05) is 42.4 Å². The van der Waals surface area contributed by atoms with E-state index in [9.17, 15) is 8.60 Å². The van der Waals surface area contributed by atoms with Gasteiger partial charge in [0.1, 0.15) is 16.8 Å². The summed E-state index contributed by atoms with van der Waals surface area (Å²) in [7, 11) is -1.46. The van der Waals surface area contributed by atoms with Crippen LogP contribution in [0.3, 0.4) is 0 Å². The van der Waals surface area contributed by atoms with Gasteiger partial charge in [-0.25, -0.2) is 12.9 Å². The lowest BCUT2D eigenvalue weighted by Gasteiger charge is -2.29. The van der Waals surface area contributed by atoms with Crippen molar-refractivity contribution in [3.63, 3.8) is 0 Å². The SMILES string of the molecule is C=C(CC)C(/C=C\C)=C(F)/C=C/c1ccc(CN(Cc2ccc(C(F)(F)P(=C)(C)C)c(C)c2)S(=O)C2=CCCC=C2CC)cc1. The number of hydrogen-bond donors (Lipinski definition) is 0. The smallest absolute Gasteiger partial charge is 0.237 e. The van der Waals surface area contributed by atoms with Gasteiger partial charge in [0.05, 0.1) is 4.91 Å². The number of rotatable bonds is 14. The second-order valence-electron chi connectivity index (χ2n) is 11.9. The molecule has 2 aromatic carbocycles. The Labute approximate surface area is 271 Å². The number of hydrogen-bond acceptors (Lipinski definition) is 1. The number of benzene rings is 2. The highest BCUT2D eigenvalue weighted by atomic mass is 32.2. The highest BCUT2D eigenvalue weighted by Gasteiger charge is 2.40. The van der Waals surface area contributed by atoms with Crippen molar-refractivity contribution in [2.45, 2.75) is 72.1 Å². The zero-order valence-corrected chi connectivity index (χ0v) is 29.2. The van der Waals surface area contributed by atoms with E-state index in [1.165, 1.54) is 12.1 Å². The summed E-state index contributed by atoms with van der Waals surface area (Å²) in [5.74, 6) is -0.342. The molecule has 0 heterocycles. The molecule has 0 bridgehead atoms. The molecule has 1 atom stereocenters. The number of alkyl halides is 2. The number of allylic oxidation sites excluding steroid dienone is 9. The molecule has 1 aliphatic rings. The first-order valence-corrected chi connectivity index (χ1v) is 19.4. The Balaban J connectivity index is 1.91. The molecule has 7 heteroatoms. The average molecular weight is 654 g/mol. The van der Waals surface area contributed by atoms with E-state index in [1.54, 1.807) is 50.6 Å². The van der Waals surface area contributed by atoms with Crippen LogP contribution in [0.4, 0.5) is 13.2 Å². The van der Waals surface area contributed by atoms with Crippen molar-refractivity contribution in [2.75, 3.05) is 13.3 Å². The van der Waals surface area contributed by atoms with Crippen molar-refractivity contribution in [3.05, 3.63) is 135 Å². The lowest BCUT2D eigenvalue weighted by Crippen LogP contribution is -2.27. The standard InChI is InChI=1S/C38H47F3NOPS/c1-9-14-34(28(4)10-2)36(39)24-22-30-17-19-31(20-18-30)26-42(45(43)37-16-13-12-15-33(37)11-3)27-32-21-23-35(29(5)25-32)38(40,41)44(6,7)8/h9,14-25H,4,6,10-13,26-27H2,1-3,5,7-8H3/b14-9-,24-22+,36-34-. The summed E-state index contributed by atoms with van der Waals surface area (Å²) in [6, 6.07) is 12.7. The van der Waals surface area contributed by atoms with Gasteiger partial charge in [0.15, 0.2) is 0 Å². The normalized spacial score (nSPS) is 15.8. The minimum absolute atomic E-state index is 0.00483. The molecular weight excluding hydrogens is 606 g/mol. The van der Waals surface area contributed by atoms with Crippen molar-refractivity contribution in [1.29, 1.82) is 0 Å². The quantitative estimate of drug-likeness (QED) is 0.147. The molecule has 45 heavy (non-hydrogen) atoms. The molecule has 0 saturated carbocycles. The van der Waals surface area contributed by atoms with Gasteiger partial charge in [-0.05, 0) is 99.2 Å². The van der Waals surface area contributed by atoms with Crippen LogP contribution in [-0.2, 0) is 29.7 Å². The van der Waals surface area contributed by atoms with Crippen molar-refractivity contribution >= 4 is 30.2 Å². The Morgan fingerprint density at radius 3 is 2.22 bits per heavy atom. The largest absolute Gasteiger partial charge is 0.288 e. The van der Waals surface area contributed by atoms with Crippen molar-refractivity contribution in [1.82, 2.24) is 4.31 Å². The van der Waals surface area contributed by atoms with E-state index in [0.29, 0.717) is 30.6 Å². The van der Waals surface area contributed by atoms with Gasteiger partial charge in [-0.2, -0.15) is 8.78 Å². The minimum Gasteiger partial charge on any atom is -0.237 e. The van der Waals surface area contributed by atoms with Gasteiger partial charge in [-0.1, -0.05) is 99.6 Å². The second-order valence-corrected chi connectivity index (χ2v) is 17.3. The first-order valence-electron chi connectivity index (χ1n) is 15.4. The van der Waals surface area contributed by atoms with E-state index < -0.39 is 23.5 Å². The zero-order valence-electron chi connectivity index (χ0n) is 27.5. The molecule has 2 nitrogen and oxygen atoms in total.